The third-order valence-electron chi connectivity index (χ3n) is 3.74. The molecule has 5 nitrogen and oxygen atoms in total. The summed E-state index contributed by atoms with van der Waals surface area (Å²) < 4.78 is 11.9. The summed E-state index contributed by atoms with van der Waals surface area (Å²) in [5.74, 6) is 0.940. The lowest BCUT2D eigenvalue weighted by molar-refractivity contribution is 0.0997. The number of carbonyl (C=O) groups excluding carboxylic acids is 1. The molecule has 0 spiro atoms. The van der Waals surface area contributed by atoms with Crippen LogP contribution in [-0.4, -0.2) is 18.0 Å². The molecule has 0 atom stereocenters. The van der Waals surface area contributed by atoms with E-state index >= 15 is 0 Å². The number of carbonyl (C=O) groups is 1. The number of para-hydroxylation sites is 1. The largest absolute Gasteiger partial charge is 0.495 e. The van der Waals surface area contributed by atoms with E-state index in [2.05, 4.69) is 10.3 Å². The summed E-state index contributed by atoms with van der Waals surface area (Å²) in [6, 6.07) is 16.2. The van der Waals surface area contributed by atoms with Crippen LogP contribution in [0.15, 0.2) is 59.0 Å². The minimum Gasteiger partial charge on any atom is -0.495 e. The fourth-order valence-corrected chi connectivity index (χ4v) is 3.67. The number of halogens is 1. The van der Waals surface area contributed by atoms with Crippen molar-refractivity contribution in [1.29, 1.82) is 0 Å². The summed E-state index contributed by atoms with van der Waals surface area (Å²) in [4.78, 5) is 16.9. The normalized spacial score (nSPS) is 10.8. The first-order chi connectivity index (χ1) is 12.6. The first-order valence-electron chi connectivity index (χ1n) is 7.75. The molecule has 130 valence electrons. The van der Waals surface area contributed by atoms with Gasteiger partial charge in [0.1, 0.15) is 5.75 Å². The third-order valence-corrected chi connectivity index (χ3v) is 5.09. The number of fused-ring (bicyclic) bond motifs is 1. The number of hydrogen-bond acceptors (Lipinski definition) is 5. The van der Waals surface area contributed by atoms with Gasteiger partial charge in [-0.15, -0.1) is 11.3 Å². The Morgan fingerprint density at radius 1 is 1.19 bits per heavy atom. The number of thiazole rings is 1. The van der Waals surface area contributed by atoms with Crippen LogP contribution in [0.5, 0.6) is 5.75 Å². The summed E-state index contributed by atoms with van der Waals surface area (Å²) in [7, 11) is 1.53. The highest BCUT2D eigenvalue weighted by Gasteiger charge is 2.15. The van der Waals surface area contributed by atoms with Crippen molar-refractivity contribution >= 4 is 44.7 Å². The Bertz CT molecular complexity index is 1070. The van der Waals surface area contributed by atoms with Gasteiger partial charge in [0.15, 0.2) is 16.5 Å². The predicted octanol–water partition coefficient (Wildman–Crippen LogP) is 5.47. The van der Waals surface area contributed by atoms with Gasteiger partial charge >= 0.3 is 0 Å². The van der Waals surface area contributed by atoms with Crippen LogP contribution in [0.1, 0.15) is 10.6 Å². The van der Waals surface area contributed by atoms with E-state index in [1.54, 1.807) is 30.3 Å². The summed E-state index contributed by atoms with van der Waals surface area (Å²) in [6.07, 6.45) is 0. The Kier molecular flexibility index (Phi) is 4.36. The first-order valence-corrected chi connectivity index (χ1v) is 8.94. The van der Waals surface area contributed by atoms with Crippen LogP contribution in [0.25, 0.3) is 21.0 Å². The molecule has 0 unspecified atom stereocenters. The maximum absolute atomic E-state index is 12.4. The molecule has 2 aromatic carbocycles. The smallest absolute Gasteiger partial charge is 0.291 e. The van der Waals surface area contributed by atoms with E-state index in [0.29, 0.717) is 22.2 Å². The standard InChI is InChI=1S/C19H13ClN2O3S/c1-24-14-7-6-11(10-12(14)20)21-18(23)15-8-9-16(25-15)19-22-13-4-2-3-5-17(13)26-19/h2-10H,1H3,(H,21,23). The van der Waals surface area contributed by atoms with Crippen molar-refractivity contribution in [2.24, 2.45) is 0 Å². The number of benzene rings is 2. The van der Waals surface area contributed by atoms with Gasteiger partial charge in [-0.05, 0) is 42.5 Å². The fraction of sp³-hybridized carbons (Fsp3) is 0.0526. The highest BCUT2D eigenvalue weighted by atomic mass is 35.5. The van der Waals surface area contributed by atoms with Crippen molar-refractivity contribution in [1.82, 2.24) is 4.98 Å². The second-order valence-electron chi connectivity index (χ2n) is 5.45. The van der Waals surface area contributed by atoms with Gasteiger partial charge in [-0.25, -0.2) is 4.98 Å². The molecule has 0 saturated carbocycles. The maximum atomic E-state index is 12.4. The molecule has 7 heteroatoms. The van der Waals surface area contributed by atoms with Crippen LogP contribution in [0.2, 0.25) is 5.02 Å². The number of aromatic nitrogens is 1. The average molecular weight is 385 g/mol. The van der Waals surface area contributed by atoms with Gasteiger partial charge in [-0.2, -0.15) is 0 Å². The number of amides is 1. The van der Waals surface area contributed by atoms with Gasteiger partial charge in [0.2, 0.25) is 0 Å². The van der Waals surface area contributed by atoms with Crippen molar-refractivity contribution in [3.05, 3.63) is 65.4 Å². The highest BCUT2D eigenvalue weighted by molar-refractivity contribution is 7.21. The van der Waals surface area contributed by atoms with Crippen LogP contribution in [0, 0.1) is 0 Å². The minimum absolute atomic E-state index is 0.200. The zero-order valence-electron chi connectivity index (χ0n) is 13.7. The maximum Gasteiger partial charge on any atom is 0.291 e. The summed E-state index contributed by atoms with van der Waals surface area (Å²) in [6.45, 7) is 0. The molecule has 0 aliphatic carbocycles. The third kappa shape index (κ3) is 3.16. The molecular weight excluding hydrogens is 372 g/mol. The van der Waals surface area contributed by atoms with Gasteiger partial charge in [0.05, 0.1) is 22.3 Å². The van der Waals surface area contributed by atoms with E-state index in [4.69, 9.17) is 20.8 Å². The number of hydrogen-bond donors (Lipinski definition) is 1. The van der Waals surface area contributed by atoms with Crippen LogP contribution in [0.3, 0.4) is 0 Å². The molecule has 0 fully saturated rings. The van der Waals surface area contributed by atoms with Gasteiger partial charge in [0, 0.05) is 5.69 Å². The monoisotopic (exact) mass is 384 g/mol. The van der Waals surface area contributed by atoms with Crippen molar-refractivity contribution in [2.45, 2.75) is 0 Å². The summed E-state index contributed by atoms with van der Waals surface area (Å²) in [5, 5.41) is 3.90. The van der Waals surface area contributed by atoms with Gasteiger partial charge in [0.25, 0.3) is 5.91 Å². The number of methoxy groups -OCH3 is 1. The molecule has 26 heavy (non-hydrogen) atoms. The van der Waals surface area contributed by atoms with Crippen molar-refractivity contribution in [2.75, 3.05) is 12.4 Å². The van der Waals surface area contributed by atoms with E-state index < -0.39 is 0 Å². The Labute approximate surface area is 158 Å². The Morgan fingerprint density at radius 2 is 2.04 bits per heavy atom. The van der Waals surface area contributed by atoms with Crippen molar-refractivity contribution in [3.8, 4) is 16.5 Å². The number of anilines is 1. The van der Waals surface area contributed by atoms with Gasteiger partial charge < -0.3 is 14.5 Å². The topological polar surface area (TPSA) is 64.4 Å². The van der Waals surface area contributed by atoms with Gasteiger partial charge in [-0.3, -0.25) is 4.79 Å². The van der Waals surface area contributed by atoms with E-state index in [1.807, 2.05) is 24.3 Å². The summed E-state index contributed by atoms with van der Waals surface area (Å²) >= 11 is 7.59. The molecular formula is C19H13ClN2O3S. The van der Waals surface area contributed by atoms with Crippen LogP contribution < -0.4 is 10.1 Å². The van der Waals surface area contributed by atoms with Crippen LogP contribution >= 0.6 is 22.9 Å². The van der Waals surface area contributed by atoms with Gasteiger partial charge in [-0.1, -0.05) is 23.7 Å². The number of nitrogens with one attached hydrogen (secondary N) is 1. The molecule has 0 bridgehead atoms. The average Bonchev–Trinajstić information content (AvgIpc) is 3.28. The Morgan fingerprint density at radius 3 is 2.81 bits per heavy atom. The Hall–Kier alpha value is -2.83. The lowest BCUT2D eigenvalue weighted by Crippen LogP contribution is -2.10. The second-order valence-corrected chi connectivity index (χ2v) is 6.89. The lowest BCUT2D eigenvalue weighted by atomic mass is 10.3. The zero-order valence-corrected chi connectivity index (χ0v) is 15.2. The molecule has 4 aromatic rings. The summed E-state index contributed by atoms with van der Waals surface area (Å²) in [5.41, 5.74) is 1.46. The first kappa shape index (κ1) is 16.6. The molecule has 0 aliphatic rings. The predicted molar refractivity (Wildman–Crippen MR) is 103 cm³/mol. The van der Waals surface area contributed by atoms with E-state index in [0.717, 1.165) is 15.2 Å². The van der Waals surface area contributed by atoms with Crippen LogP contribution in [0.4, 0.5) is 5.69 Å². The SMILES string of the molecule is COc1ccc(NC(=O)c2ccc(-c3nc4ccccc4s3)o2)cc1Cl. The van der Waals surface area contributed by atoms with E-state index in [9.17, 15) is 4.79 Å². The molecule has 1 N–H and O–H groups in total. The molecule has 0 saturated heterocycles. The van der Waals surface area contributed by atoms with Crippen LogP contribution in [-0.2, 0) is 0 Å². The van der Waals surface area contributed by atoms with E-state index in [-0.39, 0.29) is 11.7 Å². The molecule has 0 radical (unpaired) electrons. The molecule has 4 rings (SSSR count). The molecule has 1 amide bonds. The number of nitrogens with zero attached hydrogens (tertiary/aromatic N) is 1. The fourth-order valence-electron chi connectivity index (χ4n) is 2.49. The number of furan rings is 1. The van der Waals surface area contributed by atoms with E-state index in [1.165, 1.54) is 18.4 Å². The second kappa shape index (κ2) is 6.82. The quantitative estimate of drug-likeness (QED) is 0.506. The minimum atomic E-state index is -0.362. The lowest BCUT2D eigenvalue weighted by Gasteiger charge is -2.06. The van der Waals surface area contributed by atoms with Crippen molar-refractivity contribution < 1.29 is 13.9 Å². The Balaban J connectivity index is 1.55. The molecule has 2 aromatic heterocycles. The number of ether oxygens (including phenoxy) is 1. The van der Waals surface area contributed by atoms with Crippen molar-refractivity contribution in [3.63, 3.8) is 0 Å². The number of rotatable bonds is 4. The zero-order chi connectivity index (χ0) is 18.1. The molecule has 2 heterocycles. The highest BCUT2D eigenvalue weighted by Crippen LogP contribution is 2.31. The molecule has 0 aliphatic heterocycles.